The van der Waals surface area contributed by atoms with E-state index in [2.05, 4.69) is 10.3 Å². The SMILES string of the molecule is COc1ccc(F)c(NC(N)=NCC(C)C)c1. The van der Waals surface area contributed by atoms with Gasteiger partial charge in [0.25, 0.3) is 0 Å². The van der Waals surface area contributed by atoms with Gasteiger partial charge in [-0.25, -0.2) is 4.39 Å². The lowest BCUT2D eigenvalue weighted by molar-refractivity contribution is 0.414. The summed E-state index contributed by atoms with van der Waals surface area (Å²) in [7, 11) is 1.52. The minimum absolute atomic E-state index is 0.200. The van der Waals surface area contributed by atoms with E-state index in [1.165, 1.54) is 19.2 Å². The van der Waals surface area contributed by atoms with Gasteiger partial charge < -0.3 is 15.8 Å². The van der Waals surface area contributed by atoms with Crippen LogP contribution in [0, 0.1) is 11.7 Å². The third kappa shape index (κ3) is 4.30. The first-order valence-corrected chi connectivity index (χ1v) is 5.43. The van der Waals surface area contributed by atoms with Gasteiger partial charge in [0.1, 0.15) is 11.6 Å². The van der Waals surface area contributed by atoms with Gasteiger partial charge in [-0.2, -0.15) is 0 Å². The standard InChI is InChI=1S/C12H18FN3O/c1-8(2)7-15-12(14)16-11-6-9(17-3)4-5-10(11)13/h4-6,8H,7H2,1-3H3,(H3,14,15,16). The molecular formula is C12H18FN3O. The predicted octanol–water partition coefficient (Wildman–Crippen LogP) is 2.22. The van der Waals surface area contributed by atoms with Gasteiger partial charge in [0.05, 0.1) is 12.8 Å². The predicted molar refractivity (Wildman–Crippen MR) is 67.9 cm³/mol. The molecule has 94 valence electrons. The quantitative estimate of drug-likeness (QED) is 0.625. The van der Waals surface area contributed by atoms with Crippen LogP contribution in [0.2, 0.25) is 0 Å². The Hall–Kier alpha value is -1.78. The van der Waals surface area contributed by atoms with Crippen LogP contribution in [-0.4, -0.2) is 19.6 Å². The molecule has 0 atom stereocenters. The van der Waals surface area contributed by atoms with Crippen molar-refractivity contribution in [2.45, 2.75) is 13.8 Å². The van der Waals surface area contributed by atoms with Gasteiger partial charge in [-0.3, -0.25) is 4.99 Å². The molecular weight excluding hydrogens is 221 g/mol. The molecule has 0 saturated heterocycles. The minimum atomic E-state index is -0.395. The van der Waals surface area contributed by atoms with E-state index in [9.17, 15) is 4.39 Å². The number of nitrogens with one attached hydrogen (secondary N) is 1. The van der Waals surface area contributed by atoms with Crippen LogP contribution in [0.3, 0.4) is 0 Å². The lowest BCUT2D eigenvalue weighted by Crippen LogP contribution is -2.24. The van der Waals surface area contributed by atoms with Crippen molar-refractivity contribution in [1.29, 1.82) is 0 Å². The highest BCUT2D eigenvalue weighted by Crippen LogP contribution is 2.20. The van der Waals surface area contributed by atoms with Crippen molar-refractivity contribution in [2.24, 2.45) is 16.6 Å². The fraction of sp³-hybridized carbons (Fsp3) is 0.417. The average Bonchev–Trinajstić information content (AvgIpc) is 2.29. The number of hydrogen-bond acceptors (Lipinski definition) is 2. The lowest BCUT2D eigenvalue weighted by Gasteiger charge is -2.09. The molecule has 5 heteroatoms. The molecule has 1 rings (SSSR count). The Balaban J connectivity index is 2.76. The Morgan fingerprint density at radius 2 is 2.24 bits per heavy atom. The molecule has 0 aromatic heterocycles. The van der Waals surface area contributed by atoms with Crippen LogP contribution in [0.4, 0.5) is 10.1 Å². The number of halogens is 1. The van der Waals surface area contributed by atoms with Crippen molar-refractivity contribution in [3.63, 3.8) is 0 Å². The van der Waals surface area contributed by atoms with E-state index in [-0.39, 0.29) is 11.6 Å². The van der Waals surface area contributed by atoms with E-state index in [1.807, 2.05) is 13.8 Å². The highest BCUT2D eigenvalue weighted by Gasteiger charge is 2.05. The van der Waals surface area contributed by atoms with Crippen LogP contribution in [0.15, 0.2) is 23.2 Å². The third-order valence-corrected chi connectivity index (χ3v) is 2.06. The summed E-state index contributed by atoms with van der Waals surface area (Å²) in [5, 5.41) is 2.71. The number of nitrogens with two attached hydrogens (primary N) is 1. The highest BCUT2D eigenvalue weighted by molar-refractivity contribution is 5.92. The first kappa shape index (κ1) is 13.3. The summed E-state index contributed by atoms with van der Waals surface area (Å²) >= 11 is 0. The van der Waals surface area contributed by atoms with Gasteiger partial charge >= 0.3 is 0 Å². The van der Waals surface area contributed by atoms with Crippen molar-refractivity contribution in [3.05, 3.63) is 24.0 Å². The van der Waals surface area contributed by atoms with E-state index >= 15 is 0 Å². The summed E-state index contributed by atoms with van der Waals surface area (Å²) in [6.45, 7) is 4.66. The fourth-order valence-electron chi connectivity index (χ4n) is 1.19. The fourth-order valence-corrected chi connectivity index (χ4v) is 1.19. The highest BCUT2D eigenvalue weighted by atomic mass is 19.1. The molecule has 1 aromatic rings. The second-order valence-electron chi connectivity index (χ2n) is 4.09. The van der Waals surface area contributed by atoms with Gasteiger partial charge in [-0.05, 0) is 18.1 Å². The van der Waals surface area contributed by atoms with Gasteiger partial charge in [-0.1, -0.05) is 13.8 Å². The van der Waals surface area contributed by atoms with Gasteiger partial charge in [-0.15, -0.1) is 0 Å². The number of benzene rings is 1. The van der Waals surface area contributed by atoms with Crippen LogP contribution in [0.5, 0.6) is 5.75 Å². The molecule has 0 heterocycles. The molecule has 0 saturated carbocycles. The number of nitrogens with zero attached hydrogens (tertiary/aromatic N) is 1. The zero-order chi connectivity index (χ0) is 12.8. The Bertz CT molecular complexity index is 405. The van der Waals surface area contributed by atoms with Crippen LogP contribution >= 0.6 is 0 Å². The number of methoxy groups -OCH3 is 1. The molecule has 0 radical (unpaired) electrons. The first-order chi connectivity index (χ1) is 8.02. The number of anilines is 1. The van der Waals surface area contributed by atoms with Crippen molar-refractivity contribution < 1.29 is 9.13 Å². The summed E-state index contributed by atoms with van der Waals surface area (Å²) in [6, 6.07) is 4.39. The van der Waals surface area contributed by atoms with Crippen molar-refractivity contribution in [2.75, 3.05) is 19.0 Å². The monoisotopic (exact) mass is 239 g/mol. The zero-order valence-corrected chi connectivity index (χ0v) is 10.3. The summed E-state index contributed by atoms with van der Waals surface area (Å²) in [5.74, 6) is 0.774. The molecule has 0 unspecified atom stereocenters. The summed E-state index contributed by atoms with van der Waals surface area (Å²) in [5.41, 5.74) is 5.90. The van der Waals surface area contributed by atoms with Crippen molar-refractivity contribution >= 4 is 11.6 Å². The molecule has 0 aliphatic rings. The van der Waals surface area contributed by atoms with Crippen LogP contribution in [0.25, 0.3) is 0 Å². The van der Waals surface area contributed by atoms with E-state index in [4.69, 9.17) is 10.5 Å². The molecule has 0 bridgehead atoms. The smallest absolute Gasteiger partial charge is 0.193 e. The lowest BCUT2D eigenvalue weighted by atomic mass is 10.2. The average molecular weight is 239 g/mol. The Kier molecular flexibility index (Phi) is 4.75. The van der Waals surface area contributed by atoms with Crippen LogP contribution in [-0.2, 0) is 0 Å². The number of aliphatic imine (C=N–C) groups is 1. The summed E-state index contributed by atoms with van der Waals surface area (Å²) in [6.07, 6.45) is 0. The van der Waals surface area contributed by atoms with Crippen molar-refractivity contribution in [3.8, 4) is 5.75 Å². The molecule has 4 nitrogen and oxygen atoms in total. The van der Waals surface area contributed by atoms with Gasteiger partial charge in [0.15, 0.2) is 5.96 Å². The van der Waals surface area contributed by atoms with Crippen molar-refractivity contribution in [1.82, 2.24) is 0 Å². The number of guanidine groups is 1. The largest absolute Gasteiger partial charge is 0.497 e. The Morgan fingerprint density at radius 3 is 2.82 bits per heavy atom. The molecule has 1 aromatic carbocycles. The molecule has 0 aliphatic heterocycles. The van der Waals surface area contributed by atoms with E-state index < -0.39 is 5.82 Å². The van der Waals surface area contributed by atoms with Crippen LogP contribution in [0.1, 0.15) is 13.8 Å². The Morgan fingerprint density at radius 1 is 1.53 bits per heavy atom. The molecule has 0 aliphatic carbocycles. The van der Waals surface area contributed by atoms with Crippen LogP contribution < -0.4 is 15.8 Å². The third-order valence-electron chi connectivity index (χ3n) is 2.06. The topological polar surface area (TPSA) is 59.6 Å². The molecule has 0 amide bonds. The number of ether oxygens (including phenoxy) is 1. The maximum atomic E-state index is 13.4. The van der Waals surface area contributed by atoms with Gasteiger partial charge in [0.2, 0.25) is 0 Å². The first-order valence-electron chi connectivity index (χ1n) is 5.43. The molecule has 17 heavy (non-hydrogen) atoms. The summed E-state index contributed by atoms with van der Waals surface area (Å²) in [4.78, 5) is 4.09. The molecule has 0 fully saturated rings. The molecule has 0 spiro atoms. The summed E-state index contributed by atoms with van der Waals surface area (Å²) < 4.78 is 18.4. The van der Waals surface area contributed by atoms with Gasteiger partial charge in [0, 0.05) is 12.6 Å². The van der Waals surface area contributed by atoms with E-state index in [0.29, 0.717) is 18.2 Å². The maximum Gasteiger partial charge on any atom is 0.193 e. The number of rotatable bonds is 4. The Labute approximate surface area is 101 Å². The molecule has 3 N–H and O–H groups in total. The zero-order valence-electron chi connectivity index (χ0n) is 10.3. The normalized spacial score (nSPS) is 11.7. The van der Waals surface area contributed by atoms with E-state index in [0.717, 1.165) is 0 Å². The second-order valence-corrected chi connectivity index (χ2v) is 4.09. The van der Waals surface area contributed by atoms with E-state index in [1.54, 1.807) is 6.07 Å². The maximum absolute atomic E-state index is 13.4. The second kappa shape index (κ2) is 6.08. The minimum Gasteiger partial charge on any atom is -0.497 e. The number of hydrogen-bond donors (Lipinski definition) is 2.